The van der Waals surface area contributed by atoms with E-state index in [4.69, 9.17) is 10.5 Å². The van der Waals surface area contributed by atoms with Gasteiger partial charge in [0.1, 0.15) is 5.56 Å². The highest BCUT2D eigenvalue weighted by molar-refractivity contribution is 6.08. The summed E-state index contributed by atoms with van der Waals surface area (Å²) in [5.41, 5.74) is -2.90. The maximum absolute atomic E-state index is 11.3. The molecule has 1 aromatic rings. The summed E-state index contributed by atoms with van der Waals surface area (Å²) in [7, 11) is 1.19. The second-order valence-corrected chi connectivity index (χ2v) is 3.07. The molecule has 0 saturated heterocycles. The van der Waals surface area contributed by atoms with Gasteiger partial charge in [-0.1, -0.05) is 0 Å². The van der Waals surface area contributed by atoms with Crippen LogP contribution in [0, 0.1) is 5.41 Å². The van der Waals surface area contributed by atoms with E-state index in [0.717, 1.165) is 0 Å². The first kappa shape index (κ1) is 11.7. The second-order valence-electron chi connectivity index (χ2n) is 3.07. The minimum atomic E-state index is -1.31. The molecule has 16 heavy (non-hydrogen) atoms. The summed E-state index contributed by atoms with van der Waals surface area (Å²) in [5, 5.41) is 25.2. The van der Waals surface area contributed by atoms with E-state index in [1.54, 1.807) is 0 Å². The number of hydrogen-bond donors (Lipinski definition) is 4. The first-order chi connectivity index (χ1) is 7.34. The van der Waals surface area contributed by atoms with Gasteiger partial charge in [0, 0.05) is 7.05 Å². The van der Waals surface area contributed by atoms with Crippen LogP contribution >= 0.6 is 0 Å². The molecule has 4 N–H and O–H groups in total. The normalized spacial score (nSPS) is 10.1. The Kier molecular flexibility index (Phi) is 2.93. The van der Waals surface area contributed by atoms with E-state index in [1.165, 1.54) is 7.05 Å². The van der Waals surface area contributed by atoms with Gasteiger partial charge >= 0.3 is 11.7 Å². The van der Waals surface area contributed by atoms with Crippen molar-refractivity contribution in [2.75, 3.05) is 0 Å². The van der Waals surface area contributed by atoms with Gasteiger partial charge in [0.25, 0.3) is 5.56 Å². The fraction of sp³-hybridized carbons (Fsp3) is 0.250. The van der Waals surface area contributed by atoms with E-state index in [9.17, 15) is 19.5 Å². The van der Waals surface area contributed by atoms with Crippen LogP contribution < -0.4 is 11.2 Å². The summed E-state index contributed by atoms with van der Waals surface area (Å²) in [6.07, 6.45) is -0.713. The lowest BCUT2D eigenvalue weighted by molar-refractivity contribution is -0.135. The minimum absolute atomic E-state index is 0.510. The van der Waals surface area contributed by atoms with Crippen LogP contribution in [0.15, 0.2) is 9.59 Å². The Morgan fingerprint density at radius 1 is 1.50 bits per heavy atom. The lowest BCUT2D eigenvalue weighted by Gasteiger charge is -2.06. The number of H-pyrrole nitrogens is 1. The largest absolute Gasteiger partial charge is 0.494 e. The third kappa shape index (κ3) is 2.00. The lowest BCUT2D eigenvalue weighted by atomic mass is 10.1. The van der Waals surface area contributed by atoms with E-state index in [-0.39, 0.29) is 0 Å². The number of aromatic nitrogens is 2. The van der Waals surface area contributed by atoms with Gasteiger partial charge in [0.2, 0.25) is 5.88 Å². The Balaban J connectivity index is 3.41. The number of carboxylic acids is 1. The van der Waals surface area contributed by atoms with Crippen molar-refractivity contribution < 1.29 is 15.0 Å². The van der Waals surface area contributed by atoms with Crippen LogP contribution in [0.4, 0.5) is 0 Å². The molecule has 0 saturated carbocycles. The molecule has 0 amide bonds. The average molecular weight is 227 g/mol. The predicted octanol–water partition coefficient (Wildman–Crippen LogP) is -1.38. The summed E-state index contributed by atoms with van der Waals surface area (Å²) in [5.74, 6) is -2.03. The molecule has 0 aliphatic rings. The van der Waals surface area contributed by atoms with Crippen molar-refractivity contribution in [1.29, 1.82) is 5.41 Å². The summed E-state index contributed by atoms with van der Waals surface area (Å²) in [4.78, 5) is 34.5. The molecular formula is C8H9N3O5. The maximum Gasteiger partial charge on any atom is 0.330 e. The number of aromatic amines is 1. The highest BCUT2D eigenvalue weighted by Gasteiger charge is 2.18. The number of nitrogens with zero attached hydrogens (tertiary/aromatic N) is 1. The number of carbonyl (C=O) groups is 1. The molecule has 1 aromatic heterocycles. The Bertz CT molecular complexity index is 568. The zero-order chi connectivity index (χ0) is 12.5. The second kappa shape index (κ2) is 4.01. The highest BCUT2D eigenvalue weighted by atomic mass is 16.4. The molecule has 0 radical (unpaired) electrons. The van der Waals surface area contributed by atoms with E-state index < -0.39 is 40.8 Å². The van der Waals surface area contributed by atoms with Crippen LogP contribution in [0.3, 0.4) is 0 Å². The molecule has 0 aliphatic heterocycles. The van der Waals surface area contributed by atoms with E-state index >= 15 is 0 Å². The number of carboxylic acid groups (broad SMARTS) is 1. The van der Waals surface area contributed by atoms with Gasteiger partial charge in [0.05, 0.1) is 12.1 Å². The van der Waals surface area contributed by atoms with Crippen molar-refractivity contribution >= 4 is 11.7 Å². The average Bonchev–Trinajstić information content (AvgIpc) is 2.13. The molecule has 0 fully saturated rings. The van der Waals surface area contributed by atoms with Gasteiger partial charge in [-0.25, -0.2) is 4.79 Å². The summed E-state index contributed by atoms with van der Waals surface area (Å²) >= 11 is 0. The molecule has 1 heterocycles. The Hall–Kier alpha value is -2.38. The standard InChI is InChI=1S/C8H9N3O5/c1-11-7(15)5(3(9)2-4(12)13)6(14)10-8(11)16/h9,15H,2H2,1H3,(H,12,13)(H,10,14,16). The topological polar surface area (TPSA) is 136 Å². The third-order valence-electron chi connectivity index (χ3n) is 1.92. The Morgan fingerprint density at radius 3 is 2.56 bits per heavy atom. The Labute approximate surface area is 88.3 Å². The molecule has 0 atom stereocenters. The van der Waals surface area contributed by atoms with Crippen molar-refractivity contribution in [2.45, 2.75) is 6.42 Å². The van der Waals surface area contributed by atoms with E-state index in [0.29, 0.717) is 4.57 Å². The fourth-order valence-electron chi connectivity index (χ4n) is 1.12. The number of nitrogens with one attached hydrogen (secondary N) is 2. The van der Waals surface area contributed by atoms with Crippen LogP contribution in [0.25, 0.3) is 0 Å². The van der Waals surface area contributed by atoms with Crippen LogP contribution in [0.5, 0.6) is 5.88 Å². The quantitative estimate of drug-likeness (QED) is 0.472. The molecule has 0 bridgehead atoms. The molecule has 1 rings (SSSR count). The van der Waals surface area contributed by atoms with Crippen LogP contribution in [-0.4, -0.2) is 31.4 Å². The zero-order valence-corrected chi connectivity index (χ0v) is 8.27. The number of aliphatic carboxylic acids is 1. The van der Waals surface area contributed by atoms with Crippen molar-refractivity contribution in [3.63, 3.8) is 0 Å². The minimum Gasteiger partial charge on any atom is -0.494 e. The number of hydrogen-bond acceptors (Lipinski definition) is 5. The molecular weight excluding hydrogens is 218 g/mol. The predicted molar refractivity (Wildman–Crippen MR) is 53.1 cm³/mol. The molecule has 0 aliphatic carbocycles. The first-order valence-electron chi connectivity index (χ1n) is 4.16. The van der Waals surface area contributed by atoms with Crippen molar-refractivity contribution in [2.24, 2.45) is 7.05 Å². The number of aromatic hydroxyl groups is 1. The molecule has 8 heteroatoms. The van der Waals surface area contributed by atoms with Gasteiger partial charge in [0.15, 0.2) is 0 Å². The van der Waals surface area contributed by atoms with Crippen molar-refractivity contribution in [1.82, 2.24) is 9.55 Å². The van der Waals surface area contributed by atoms with Gasteiger partial charge in [-0.2, -0.15) is 0 Å². The summed E-state index contributed by atoms with van der Waals surface area (Å²) < 4.78 is 0.715. The summed E-state index contributed by atoms with van der Waals surface area (Å²) in [6.45, 7) is 0. The van der Waals surface area contributed by atoms with Crippen molar-refractivity contribution in [3.8, 4) is 5.88 Å². The monoisotopic (exact) mass is 227 g/mol. The Morgan fingerprint density at radius 2 is 2.06 bits per heavy atom. The van der Waals surface area contributed by atoms with Gasteiger partial charge in [-0.15, -0.1) is 0 Å². The first-order valence-corrected chi connectivity index (χ1v) is 4.16. The summed E-state index contributed by atoms with van der Waals surface area (Å²) in [6, 6.07) is 0. The fourth-order valence-corrected chi connectivity index (χ4v) is 1.12. The van der Waals surface area contributed by atoms with E-state index in [2.05, 4.69) is 0 Å². The van der Waals surface area contributed by atoms with Crippen LogP contribution in [0.1, 0.15) is 12.0 Å². The van der Waals surface area contributed by atoms with Crippen LogP contribution in [0.2, 0.25) is 0 Å². The maximum atomic E-state index is 11.3. The van der Waals surface area contributed by atoms with Gasteiger partial charge in [-0.05, 0) is 0 Å². The third-order valence-corrected chi connectivity index (χ3v) is 1.92. The lowest BCUT2D eigenvalue weighted by Crippen LogP contribution is -2.32. The molecule has 0 spiro atoms. The van der Waals surface area contributed by atoms with Crippen molar-refractivity contribution in [3.05, 3.63) is 26.4 Å². The molecule has 0 unspecified atom stereocenters. The highest BCUT2D eigenvalue weighted by Crippen LogP contribution is 2.10. The van der Waals surface area contributed by atoms with Gasteiger partial charge in [-0.3, -0.25) is 19.1 Å². The SMILES string of the molecule is Cn1c(O)c(C(=N)CC(=O)O)c(=O)[nH]c1=O. The number of rotatable bonds is 3. The van der Waals surface area contributed by atoms with Crippen LogP contribution in [-0.2, 0) is 11.8 Å². The smallest absolute Gasteiger partial charge is 0.330 e. The van der Waals surface area contributed by atoms with Gasteiger partial charge < -0.3 is 15.6 Å². The zero-order valence-electron chi connectivity index (χ0n) is 8.27. The van der Waals surface area contributed by atoms with E-state index in [1.807, 2.05) is 4.98 Å². The molecule has 8 nitrogen and oxygen atoms in total. The molecule has 0 aromatic carbocycles. The molecule has 86 valence electrons.